The Morgan fingerprint density at radius 1 is 1.18 bits per heavy atom. The maximum Gasteiger partial charge on any atom is 0.226 e. The van der Waals surface area contributed by atoms with E-state index in [0.29, 0.717) is 13.0 Å². The van der Waals surface area contributed by atoms with Gasteiger partial charge in [-0.2, -0.15) is 0 Å². The molecule has 0 radical (unpaired) electrons. The van der Waals surface area contributed by atoms with Crippen molar-refractivity contribution >= 4 is 38.4 Å². The van der Waals surface area contributed by atoms with Gasteiger partial charge in [0.05, 0.1) is 0 Å². The number of nitrogens with one attached hydrogen (secondary N) is 1. The minimum absolute atomic E-state index is 0.0273. The molecule has 1 aromatic heterocycles. The molecule has 2 aromatic carbocycles. The number of aryl methyl sites for hydroxylation is 2. The van der Waals surface area contributed by atoms with Gasteiger partial charge >= 0.3 is 0 Å². The summed E-state index contributed by atoms with van der Waals surface area (Å²) in [5, 5.41) is 4.15. The van der Waals surface area contributed by atoms with Gasteiger partial charge in [0.15, 0.2) is 0 Å². The monoisotopic (exact) mass is 356 g/mol. The third-order valence-corrected chi connectivity index (χ3v) is 4.59. The van der Waals surface area contributed by atoms with Crippen molar-refractivity contribution in [2.45, 2.75) is 19.9 Å². The van der Waals surface area contributed by atoms with Crippen LogP contribution in [0.5, 0.6) is 0 Å². The second-order valence-electron chi connectivity index (χ2n) is 5.33. The standard InChI is InChI=1S/C18H17BrN2O/c1-13-12-15(6-7-16(13)19)20-18(22)9-11-21-10-8-14-4-2-3-5-17(14)21/h2-8,10,12H,9,11H2,1H3,(H,20,22). The SMILES string of the molecule is Cc1cc(NC(=O)CCn2ccc3ccccc32)ccc1Br. The van der Waals surface area contributed by atoms with Gasteiger partial charge in [-0.25, -0.2) is 0 Å². The smallest absolute Gasteiger partial charge is 0.226 e. The number of anilines is 1. The number of carbonyl (C=O) groups is 1. The molecule has 1 amide bonds. The van der Waals surface area contributed by atoms with Gasteiger partial charge in [0.2, 0.25) is 5.91 Å². The summed E-state index contributed by atoms with van der Waals surface area (Å²) >= 11 is 3.46. The Labute approximate surface area is 138 Å². The van der Waals surface area contributed by atoms with Gasteiger partial charge in [-0.3, -0.25) is 4.79 Å². The maximum absolute atomic E-state index is 12.1. The number of hydrogen-bond donors (Lipinski definition) is 1. The predicted molar refractivity (Wildman–Crippen MR) is 94.1 cm³/mol. The molecule has 3 aromatic rings. The van der Waals surface area contributed by atoms with E-state index in [0.717, 1.165) is 21.2 Å². The summed E-state index contributed by atoms with van der Waals surface area (Å²) in [4.78, 5) is 12.1. The van der Waals surface area contributed by atoms with Crippen LogP contribution in [0.15, 0.2) is 59.2 Å². The zero-order valence-corrected chi connectivity index (χ0v) is 13.9. The zero-order valence-electron chi connectivity index (χ0n) is 12.3. The number of aromatic nitrogens is 1. The van der Waals surface area contributed by atoms with Crippen LogP contribution in [0.2, 0.25) is 0 Å². The molecule has 0 saturated carbocycles. The lowest BCUT2D eigenvalue weighted by atomic mass is 10.2. The second kappa shape index (κ2) is 6.36. The highest BCUT2D eigenvalue weighted by Gasteiger charge is 2.06. The molecule has 112 valence electrons. The van der Waals surface area contributed by atoms with Gasteiger partial charge < -0.3 is 9.88 Å². The average molecular weight is 357 g/mol. The molecule has 1 heterocycles. The number of fused-ring (bicyclic) bond motifs is 1. The molecule has 0 aliphatic heterocycles. The molecule has 1 N–H and O–H groups in total. The highest BCUT2D eigenvalue weighted by atomic mass is 79.9. The van der Waals surface area contributed by atoms with Gasteiger partial charge in [-0.15, -0.1) is 0 Å². The molecule has 22 heavy (non-hydrogen) atoms. The quantitative estimate of drug-likeness (QED) is 0.719. The van der Waals surface area contributed by atoms with Crippen molar-refractivity contribution in [1.29, 1.82) is 0 Å². The molecular formula is C18H17BrN2O. The van der Waals surface area contributed by atoms with Gasteiger partial charge in [-0.05, 0) is 48.2 Å². The normalized spacial score (nSPS) is 10.8. The number of para-hydroxylation sites is 1. The van der Waals surface area contributed by atoms with E-state index in [1.54, 1.807) is 0 Å². The van der Waals surface area contributed by atoms with Crippen LogP contribution in [0.1, 0.15) is 12.0 Å². The van der Waals surface area contributed by atoms with Crippen molar-refractivity contribution in [2.24, 2.45) is 0 Å². The van der Waals surface area contributed by atoms with E-state index in [1.807, 2.05) is 43.5 Å². The van der Waals surface area contributed by atoms with Gasteiger partial charge in [0.25, 0.3) is 0 Å². The number of hydrogen-bond acceptors (Lipinski definition) is 1. The van der Waals surface area contributed by atoms with Crippen LogP contribution in [-0.2, 0) is 11.3 Å². The van der Waals surface area contributed by atoms with Crippen LogP contribution in [0, 0.1) is 6.92 Å². The number of halogens is 1. The van der Waals surface area contributed by atoms with E-state index in [4.69, 9.17) is 0 Å². The molecule has 0 aliphatic carbocycles. The van der Waals surface area contributed by atoms with E-state index >= 15 is 0 Å². The summed E-state index contributed by atoms with van der Waals surface area (Å²) in [5.74, 6) is 0.0273. The Morgan fingerprint density at radius 3 is 2.82 bits per heavy atom. The lowest BCUT2D eigenvalue weighted by Crippen LogP contribution is -2.14. The molecule has 0 spiro atoms. The Morgan fingerprint density at radius 2 is 2.00 bits per heavy atom. The first-order valence-corrected chi connectivity index (χ1v) is 8.03. The second-order valence-corrected chi connectivity index (χ2v) is 6.18. The highest BCUT2D eigenvalue weighted by molar-refractivity contribution is 9.10. The van der Waals surface area contributed by atoms with Crippen molar-refractivity contribution in [2.75, 3.05) is 5.32 Å². The van der Waals surface area contributed by atoms with Crippen molar-refractivity contribution in [3.8, 4) is 0 Å². The van der Waals surface area contributed by atoms with E-state index < -0.39 is 0 Å². The summed E-state index contributed by atoms with van der Waals surface area (Å²) in [6.45, 7) is 2.68. The molecule has 0 atom stereocenters. The van der Waals surface area contributed by atoms with E-state index in [9.17, 15) is 4.79 Å². The number of rotatable bonds is 4. The molecule has 4 heteroatoms. The van der Waals surface area contributed by atoms with Crippen LogP contribution >= 0.6 is 15.9 Å². The number of nitrogens with zero attached hydrogens (tertiary/aromatic N) is 1. The molecule has 0 unspecified atom stereocenters. The van der Waals surface area contributed by atoms with Crippen LogP contribution in [-0.4, -0.2) is 10.5 Å². The first kappa shape index (κ1) is 14.9. The topological polar surface area (TPSA) is 34.0 Å². The number of carbonyl (C=O) groups excluding carboxylic acids is 1. The van der Waals surface area contributed by atoms with Crippen LogP contribution in [0.3, 0.4) is 0 Å². The zero-order chi connectivity index (χ0) is 15.5. The van der Waals surface area contributed by atoms with Crippen LogP contribution in [0.25, 0.3) is 10.9 Å². The van der Waals surface area contributed by atoms with Gasteiger partial charge in [0, 0.05) is 34.8 Å². The van der Waals surface area contributed by atoms with Gasteiger partial charge in [-0.1, -0.05) is 34.1 Å². The summed E-state index contributed by atoms with van der Waals surface area (Å²) in [6.07, 6.45) is 2.48. The average Bonchev–Trinajstić information content (AvgIpc) is 2.92. The highest BCUT2D eigenvalue weighted by Crippen LogP contribution is 2.20. The Balaban J connectivity index is 1.63. The maximum atomic E-state index is 12.1. The minimum atomic E-state index is 0.0273. The van der Waals surface area contributed by atoms with Crippen molar-refractivity contribution in [1.82, 2.24) is 4.57 Å². The summed E-state index contributed by atoms with van der Waals surface area (Å²) in [7, 11) is 0. The Kier molecular flexibility index (Phi) is 4.29. The number of amides is 1. The molecule has 0 saturated heterocycles. The van der Waals surface area contributed by atoms with E-state index in [-0.39, 0.29) is 5.91 Å². The Hall–Kier alpha value is -2.07. The van der Waals surface area contributed by atoms with Crippen molar-refractivity contribution in [3.05, 3.63) is 64.8 Å². The summed E-state index contributed by atoms with van der Waals surface area (Å²) in [6, 6.07) is 16.1. The molecule has 0 aliphatic rings. The molecule has 3 nitrogen and oxygen atoms in total. The van der Waals surface area contributed by atoms with E-state index in [1.165, 1.54) is 5.39 Å². The van der Waals surface area contributed by atoms with Crippen molar-refractivity contribution in [3.63, 3.8) is 0 Å². The fourth-order valence-corrected chi connectivity index (χ4v) is 2.75. The minimum Gasteiger partial charge on any atom is -0.347 e. The molecular weight excluding hydrogens is 340 g/mol. The van der Waals surface area contributed by atoms with Crippen molar-refractivity contribution < 1.29 is 4.79 Å². The first-order valence-electron chi connectivity index (χ1n) is 7.23. The predicted octanol–water partition coefficient (Wildman–Crippen LogP) is 4.74. The third-order valence-electron chi connectivity index (χ3n) is 3.70. The lowest BCUT2D eigenvalue weighted by molar-refractivity contribution is -0.116. The Bertz CT molecular complexity index is 823. The lowest BCUT2D eigenvalue weighted by Gasteiger charge is -2.08. The summed E-state index contributed by atoms with van der Waals surface area (Å²) < 4.78 is 3.16. The van der Waals surface area contributed by atoms with Crippen LogP contribution in [0.4, 0.5) is 5.69 Å². The molecule has 3 rings (SSSR count). The molecule has 0 fully saturated rings. The summed E-state index contributed by atoms with van der Waals surface area (Å²) in [5.41, 5.74) is 3.10. The first-order chi connectivity index (χ1) is 10.6. The molecule has 0 bridgehead atoms. The largest absolute Gasteiger partial charge is 0.347 e. The third kappa shape index (κ3) is 3.22. The number of benzene rings is 2. The van der Waals surface area contributed by atoms with Crippen LogP contribution < -0.4 is 5.32 Å². The van der Waals surface area contributed by atoms with E-state index in [2.05, 4.69) is 44.0 Å². The fraction of sp³-hybridized carbons (Fsp3) is 0.167. The van der Waals surface area contributed by atoms with Gasteiger partial charge in [0.1, 0.15) is 0 Å². The fourth-order valence-electron chi connectivity index (χ4n) is 2.50.